The number of amides is 3. The van der Waals surface area contributed by atoms with E-state index in [9.17, 15) is 41.9 Å². The molecule has 0 bridgehead atoms. The van der Waals surface area contributed by atoms with Crippen LogP contribution in [0.2, 0.25) is 0 Å². The molecule has 9 heterocycles. The smallest absolute Gasteiger partial charge is 0.272 e. The van der Waals surface area contributed by atoms with E-state index in [2.05, 4.69) is 52.3 Å². The maximum Gasteiger partial charge on any atom is 0.272 e. The largest absolute Gasteiger partial charge is 0.350 e. The fraction of sp³-hybridized carbons (Fsp3) is 0.214. The van der Waals surface area contributed by atoms with Crippen LogP contribution in [0.5, 0.6) is 0 Å². The lowest BCUT2D eigenvalue weighted by Gasteiger charge is -2.17. The molecule has 93 heavy (non-hydrogen) atoms. The van der Waals surface area contributed by atoms with Crippen LogP contribution < -0.4 is 16.7 Å². The van der Waals surface area contributed by atoms with Gasteiger partial charge in [-0.25, -0.2) is 28.5 Å². The minimum absolute atomic E-state index is 0.0275. The molecule has 0 unspecified atom stereocenters. The summed E-state index contributed by atoms with van der Waals surface area (Å²) in [5.74, 6) is -2.70. The van der Waals surface area contributed by atoms with Crippen LogP contribution in [-0.2, 0) is 78.2 Å². The van der Waals surface area contributed by atoms with E-state index in [1.54, 1.807) is 87.5 Å². The molecule has 12 aromatic rings. The van der Waals surface area contributed by atoms with Crippen molar-refractivity contribution in [2.45, 2.75) is 98.9 Å². The number of aromatic amines is 3. The summed E-state index contributed by atoms with van der Waals surface area (Å²) in [6.45, 7) is 11.0. The van der Waals surface area contributed by atoms with Crippen LogP contribution in [0.25, 0.3) is 32.3 Å². The maximum absolute atomic E-state index is 14.6. The van der Waals surface area contributed by atoms with Gasteiger partial charge in [-0.3, -0.25) is 38.1 Å². The summed E-state index contributed by atoms with van der Waals surface area (Å²) in [5.41, 5.74) is 9.49. The molecule has 3 N–H and O–H groups in total. The third-order valence-corrected chi connectivity index (χ3v) is 17.2. The number of carbonyl (C=O) groups is 3. The Morgan fingerprint density at radius 3 is 1.11 bits per heavy atom. The Balaban J connectivity index is 0.000000127. The number of H-pyrrole nitrogens is 3. The molecule has 0 saturated heterocycles. The van der Waals surface area contributed by atoms with Gasteiger partial charge in [-0.1, -0.05) is 72.8 Å². The summed E-state index contributed by atoms with van der Waals surface area (Å²) in [7, 11) is 0. The molecular weight excluding hydrogens is 1190 g/mol. The number of hydrogen-bond acceptors (Lipinski definition) is 11. The van der Waals surface area contributed by atoms with Crippen molar-refractivity contribution in [3.05, 3.63) is 285 Å². The molecule has 6 aromatic heterocycles. The Kier molecular flexibility index (Phi) is 16.6. The Morgan fingerprint density at radius 2 is 0.763 bits per heavy atom. The maximum atomic E-state index is 14.6. The molecule has 0 aliphatic carbocycles. The zero-order valence-corrected chi connectivity index (χ0v) is 50.9. The predicted octanol–water partition coefficient (Wildman–Crippen LogP) is 9.68. The van der Waals surface area contributed by atoms with Crippen molar-refractivity contribution in [2.75, 3.05) is 0 Å². The van der Waals surface area contributed by atoms with Gasteiger partial charge in [0.15, 0.2) is 0 Å². The van der Waals surface area contributed by atoms with E-state index in [0.29, 0.717) is 91.8 Å². The average molecular weight is 1250 g/mol. The van der Waals surface area contributed by atoms with E-state index in [1.165, 1.54) is 18.2 Å². The predicted molar refractivity (Wildman–Crippen MR) is 341 cm³/mol. The minimum atomic E-state index is -0.559. The van der Waals surface area contributed by atoms with Crippen LogP contribution in [-0.4, -0.2) is 87.1 Å². The molecule has 0 radical (unpaired) electrons. The highest BCUT2D eigenvalue weighted by atomic mass is 19.1. The molecule has 23 heteroatoms. The van der Waals surface area contributed by atoms with Crippen molar-refractivity contribution in [3.63, 3.8) is 0 Å². The van der Waals surface area contributed by atoms with E-state index in [1.807, 2.05) is 84.3 Å². The summed E-state index contributed by atoms with van der Waals surface area (Å²) >= 11 is 0. The number of aryl methyl sites for hydroxylation is 3. The topological polar surface area (TPSA) is 239 Å². The van der Waals surface area contributed by atoms with Gasteiger partial charge in [-0.2, -0.15) is 25.5 Å². The zero-order valence-electron chi connectivity index (χ0n) is 50.9. The number of fused-ring (bicyclic) bond motifs is 6. The molecule has 20 nitrogen and oxygen atoms in total. The van der Waals surface area contributed by atoms with Gasteiger partial charge in [0.2, 0.25) is 0 Å². The number of carbonyl (C=O) groups excluding carboxylic acids is 3. The van der Waals surface area contributed by atoms with Crippen molar-refractivity contribution in [3.8, 4) is 0 Å². The van der Waals surface area contributed by atoms with Crippen molar-refractivity contribution in [2.24, 2.45) is 0 Å². The highest BCUT2D eigenvalue weighted by Gasteiger charge is 2.32. The van der Waals surface area contributed by atoms with E-state index in [0.717, 1.165) is 86.3 Å². The van der Waals surface area contributed by atoms with Crippen molar-refractivity contribution in [1.82, 2.24) is 69.4 Å². The van der Waals surface area contributed by atoms with E-state index in [-0.39, 0.29) is 51.1 Å². The molecule has 0 fully saturated rings. The van der Waals surface area contributed by atoms with Crippen LogP contribution in [0.3, 0.4) is 0 Å². The number of benzene rings is 6. The van der Waals surface area contributed by atoms with Crippen molar-refractivity contribution < 1.29 is 27.6 Å². The van der Waals surface area contributed by atoms with Gasteiger partial charge in [-0.05, 0) is 104 Å². The molecule has 6 aromatic carbocycles. The normalized spacial score (nSPS) is 13.0. The number of nitrogens with zero attached hydrogens (tertiary/aromatic N) is 11. The Bertz CT molecular complexity index is 4870. The second-order valence-electron chi connectivity index (χ2n) is 23.1. The standard InChI is InChI=1S/C24H21FN4O2.2C23H20FN5O2/c1-2-28-10-9-16-13-29(14-22(16)28)24(31)19-11-15(7-8-20(19)25)12-21-17-5-3-4-6-18(17)23(30)27-26-21;2*1-2-29-12-15-11-28(13-21(15)27-29)23(31)18-9-14(7-8-19(18)24)10-20-16-5-3-4-6-17(16)22(30)26-25-20/h3-11H,2,12-14H2,1H3,(H,27,30);2*3-9,12H,2,10-11,13H2,1H3,(H,26,30). The molecule has 15 rings (SSSR count). The first-order valence-corrected chi connectivity index (χ1v) is 30.5. The Morgan fingerprint density at radius 1 is 0.419 bits per heavy atom. The molecule has 468 valence electrons. The van der Waals surface area contributed by atoms with E-state index < -0.39 is 17.5 Å². The quantitative estimate of drug-likeness (QED) is 0.104. The van der Waals surface area contributed by atoms with Crippen molar-refractivity contribution >= 4 is 50.0 Å². The molecule has 0 spiro atoms. The first kappa shape index (κ1) is 60.5. The monoisotopic (exact) mass is 1250 g/mol. The average Bonchev–Trinajstić information content (AvgIpc) is 1.85. The summed E-state index contributed by atoms with van der Waals surface area (Å²) in [5, 5.41) is 32.9. The molecule has 3 aliphatic heterocycles. The van der Waals surface area contributed by atoms with Crippen LogP contribution in [0.4, 0.5) is 13.2 Å². The summed E-state index contributed by atoms with van der Waals surface area (Å²) in [6, 6.07) is 37.3. The third kappa shape index (κ3) is 12.1. The van der Waals surface area contributed by atoms with Gasteiger partial charge in [0.25, 0.3) is 34.4 Å². The number of halogens is 3. The minimum Gasteiger partial charge on any atom is -0.350 e. The first-order chi connectivity index (χ1) is 45.1. The number of nitrogens with one attached hydrogen (secondary N) is 3. The van der Waals surface area contributed by atoms with Gasteiger partial charge < -0.3 is 19.3 Å². The number of hydrogen-bond donors (Lipinski definition) is 3. The van der Waals surface area contributed by atoms with Crippen molar-refractivity contribution in [1.29, 1.82) is 0 Å². The molecular formula is C70H61F3N14O6. The summed E-state index contributed by atoms with van der Waals surface area (Å²) in [6.07, 6.45) is 6.99. The highest BCUT2D eigenvalue weighted by Crippen LogP contribution is 2.30. The molecule has 3 aliphatic rings. The molecule has 0 atom stereocenters. The fourth-order valence-electron chi connectivity index (χ4n) is 12.3. The third-order valence-electron chi connectivity index (χ3n) is 17.2. The zero-order chi connectivity index (χ0) is 64.6. The lowest BCUT2D eigenvalue weighted by molar-refractivity contribution is 0.0736. The highest BCUT2D eigenvalue weighted by molar-refractivity contribution is 5.97. The fourth-order valence-corrected chi connectivity index (χ4v) is 12.3. The molecule has 3 amide bonds. The van der Waals surface area contributed by atoms with Gasteiger partial charge >= 0.3 is 0 Å². The van der Waals surface area contributed by atoms with Crippen LogP contribution in [0.1, 0.15) is 119 Å². The van der Waals surface area contributed by atoms with Crippen LogP contribution in [0.15, 0.2) is 166 Å². The second-order valence-corrected chi connectivity index (χ2v) is 23.1. The summed E-state index contributed by atoms with van der Waals surface area (Å²) in [4.78, 5) is 80.1. The van der Waals surface area contributed by atoms with Crippen LogP contribution >= 0.6 is 0 Å². The Hall–Kier alpha value is -11.4. The van der Waals surface area contributed by atoms with Crippen LogP contribution in [0, 0.1) is 17.5 Å². The lowest BCUT2D eigenvalue weighted by atomic mass is 10.0. The molecule has 0 saturated carbocycles. The lowest BCUT2D eigenvalue weighted by Crippen LogP contribution is -2.27. The number of aromatic nitrogens is 11. The SMILES string of the molecule is CCn1cc2c(n1)CN(C(=O)c1cc(Cc3n[nH]c(=O)c4ccccc34)ccc1F)C2.CCn1cc2c(n1)CN(C(=O)c1cc(Cc3n[nH]c(=O)c4ccccc34)ccc1F)C2.CCn1ccc2c1CN(C(=O)c1cc(Cc3n[nH]c(=O)c4ccccc34)ccc1F)C2. The number of rotatable bonds is 12. The van der Waals surface area contributed by atoms with Gasteiger partial charge in [0, 0.05) is 110 Å². The van der Waals surface area contributed by atoms with Gasteiger partial charge in [-0.15, -0.1) is 0 Å². The second kappa shape index (κ2) is 25.5. The van der Waals surface area contributed by atoms with Gasteiger partial charge in [0.1, 0.15) is 17.5 Å². The Labute approximate surface area is 528 Å². The van der Waals surface area contributed by atoms with E-state index >= 15 is 0 Å². The van der Waals surface area contributed by atoms with Gasteiger partial charge in [0.05, 0.1) is 81.0 Å². The van der Waals surface area contributed by atoms with E-state index in [4.69, 9.17) is 0 Å². The summed E-state index contributed by atoms with van der Waals surface area (Å²) < 4.78 is 49.5. The first-order valence-electron chi connectivity index (χ1n) is 30.5.